The molecule has 0 bridgehead atoms. The van der Waals surface area contributed by atoms with Crippen LogP contribution in [0.25, 0.3) is 10.9 Å². The van der Waals surface area contributed by atoms with Gasteiger partial charge in [-0.25, -0.2) is 4.79 Å². The Kier molecular flexibility index (Phi) is 3.15. The van der Waals surface area contributed by atoms with Gasteiger partial charge in [-0.15, -0.1) is 0 Å². The van der Waals surface area contributed by atoms with Crippen molar-refractivity contribution < 1.29 is 14.6 Å². The molecule has 0 unspecified atom stereocenters. The first-order valence-electron chi connectivity index (χ1n) is 5.45. The zero-order valence-electron chi connectivity index (χ0n) is 9.93. The van der Waals surface area contributed by atoms with Crippen LogP contribution in [0.2, 0.25) is 0 Å². The van der Waals surface area contributed by atoms with Gasteiger partial charge >= 0.3 is 5.97 Å². The number of nitrogens with zero attached hydrogens (tertiary/aromatic N) is 1. The second kappa shape index (κ2) is 4.59. The van der Waals surface area contributed by atoms with Crippen LogP contribution >= 0.6 is 0 Å². The summed E-state index contributed by atoms with van der Waals surface area (Å²) in [7, 11) is 1.65. The van der Waals surface area contributed by atoms with Crippen molar-refractivity contribution >= 4 is 16.9 Å². The number of carbonyl (C=O) groups is 1. The lowest BCUT2D eigenvalue weighted by Crippen LogP contribution is -2.03. The molecule has 0 saturated heterocycles. The predicted octanol–water partition coefficient (Wildman–Crippen LogP) is 2.29. The zero-order valence-corrected chi connectivity index (χ0v) is 9.93. The number of benzene rings is 1. The summed E-state index contributed by atoms with van der Waals surface area (Å²) in [4.78, 5) is 10.9. The van der Waals surface area contributed by atoms with Gasteiger partial charge in [0.1, 0.15) is 0 Å². The number of rotatable bonds is 4. The van der Waals surface area contributed by atoms with Crippen molar-refractivity contribution in [2.45, 2.75) is 13.5 Å². The molecule has 0 amide bonds. The number of carboxylic acid groups (broad SMARTS) is 1. The van der Waals surface area contributed by atoms with Crippen LogP contribution in [-0.4, -0.2) is 29.4 Å². The van der Waals surface area contributed by atoms with Crippen molar-refractivity contribution in [2.24, 2.45) is 0 Å². The molecule has 0 aliphatic rings. The van der Waals surface area contributed by atoms with Crippen molar-refractivity contribution in [3.63, 3.8) is 0 Å². The summed E-state index contributed by atoms with van der Waals surface area (Å²) in [5.41, 5.74) is 2.40. The summed E-state index contributed by atoms with van der Waals surface area (Å²) < 4.78 is 7.07. The average molecular weight is 233 g/mol. The molecule has 1 aromatic heterocycles. The van der Waals surface area contributed by atoms with Gasteiger partial charge in [0.15, 0.2) is 0 Å². The minimum absolute atomic E-state index is 0.314. The second-order valence-corrected chi connectivity index (χ2v) is 4.04. The van der Waals surface area contributed by atoms with Gasteiger partial charge in [-0.1, -0.05) is 6.07 Å². The number of aryl methyl sites for hydroxylation is 1. The first-order chi connectivity index (χ1) is 8.13. The zero-order chi connectivity index (χ0) is 12.4. The topological polar surface area (TPSA) is 51.5 Å². The highest BCUT2D eigenvalue weighted by molar-refractivity contribution is 5.94. The van der Waals surface area contributed by atoms with Crippen LogP contribution in [0, 0.1) is 6.92 Å². The lowest BCUT2D eigenvalue weighted by atomic mass is 10.1. The number of carboxylic acids is 1. The maximum atomic E-state index is 10.9. The maximum absolute atomic E-state index is 10.9. The molecule has 0 spiro atoms. The van der Waals surface area contributed by atoms with Crippen LogP contribution in [0.1, 0.15) is 15.9 Å². The summed E-state index contributed by atoms with van der Waals surface area (Å²) in [5, 5.41) is 10.1. The molecule has 0 aliphatic carbocycles. The molecule has 1 aromatic carbocycles. The predicted molar refractivity (Wildman–Crippen MR) is 65.5 cm³/mol. The van der Waals surface area contributed by atoms with Crippen molar-refractivity contribution in [3.05, 3.63) is 35.5 Å². The van der Waals surface area contributed by atoms with Gasteiger partial charge in [-0.3, -0.25) is 0 Å². The molecular weight excluding hydrogens is 218 g/mol. The van der Waals surface area contributed by atoms with E-state index >= 15 is 0 Å². The molecule has 0 saturated carbocycles. The normalized spacial score (nSPS) is 10.9. The van der Waals surface area contributed by atoms with Gasteiger partial charge < -0.3 is 14.4 Å². The molecule has 90 valence electrons. The molecule has 0 fully saturated rings. The molecule has 1 N–H and O–H groups in total. The maximum Gasteiger partial charge on any atom is 0.335 e. The summed E-state index contributed by atoms with van der Waals surface area (Å²) in [6.07, 6.45) is 2.02. The van der Waals surface area contributed by atoms with Crippen LogP contribution in [0.15, 0.2) is 24.4 Å². The van der Waals surface area contributed by atoms with Gasteiger partial charge in [0.05, 0.1) is 12.2 Å². The fourth-order valence-electron chi connectivity index (χ4n) is 1.98. The molecule has 1 heterocycles. The van der Waals surface area contributed by atoms with Crippen LogP contribution in [0.3, 0.4) is 0 Å². The molecule has 4 heteroatoms. The molecule has 0 aliphatic heterocycles. The van der Waals surface area contributed by atoms with E-state index in [1.54, 1.807) is 19.2 Å². The van der Waals surface area contributed by atoms with Crippen LogP contribution in [-0.2, 0) is 11.3 Å². The summed E-state index contributed by atoms with van der Waals surface area (Å²) >= 11 is 0. The van der Waals surface area contributed by atoms with Crippen LogP contribution in [0.5, 0.6) is 0 Å². The Morgan fingerprint density at radius 1 is 1.47 bits per heavy atom. The molecular formula is C13H15NO3. The third-order valence-corrected chi connectivity index (χ3v) is 2.86. The highest BCUT2D eigenvalue weighted by Crippen LogP contribution is 2.22. The Labute approximate surface area is 99.4 Å². The Bertz CT molecular complexity index is 557. The Morgan fingerprint density at radius 2 is 2.24 bits per heavy atom. The Hall–Kier alpha value is -1.81. The molecule has 2 aromatic rings. The number of aromatic carboxylic acids is 1. The average Bonchev–Trinajstić information content (AvgIpc) is 2.63. The van der Waals surface area contributed by atoms with Gasteiger partial charge in [0, 0.05) is 30.8 Å². The molecule has 0 radical (unpaired) electrons. The van der Waals surface area contributed by atoms with Gasteiger partial charge in [0.2, 0.25) is 0 Å². The lowest BCUT2D eigenvalue weighted by molar-refractivity contribution is 0.0697. The van der Waals surface area contributed by atoms with E-state index < -0.39 is 5.97 Å². The third-order valence-electron chi connectivity index (χ3n) is 2.86. The van der Waals surface area contributed by atoms with E-state index in [0.29, 0.717) is 12.2 Å². The fourth-order valence-corrected chi connectivity index (χ4v) is 1.98. The number of fused-ring (bicyclic) bond motifs is 1. The second-order valence-electron chi connectivity index (χ2n) is 4.04. The number of aromatic nitrogens is 1. The van der Waals surface area contributed by atoms with E-state index in [9.17, 15) is 4.79 Å². The van der Waals surface area contributed by atoms with Crippen molar-refractivity contribution in [3.8, 4) is 0 Å². The minimum Gasteiger partial charge on any atom is -0.478 e. The molecule has 2 rings (SSSR count). The van der Waals surface area contributed by atoms with Gasteiger partial charge in [0.25, 0.3) is 0 Å². The van der Waals surface area contributed by atoms with E-state index in [1.807, 2.05) is 23.8 Å². The van der Waals surface area contributed by atoms with Crippen molar-refractivity contribution in [1.29, 1.82) is 0 Å². The Morgan fingerprint density at radius 3 is 2.88 bits per heavy atom. The quantitative estimate of drug-likeness (QED) is 0.881. The van der Waals surface area contributed by atoms with E-state index in [0.717, 1.165) is 23.0 Å². The van der Waals surface area contributed by atoms with Gasteiger partial charge in [-0.2, -0.15) is 0 Å². The van der Waals surface area contributed by atoms with Crippen LogP contribution < -0.4 is 0 Å². The van der Waals surface area contributed by atoms with E-state index in [-0.39, 0.29) is 0 Å². The number of methoxy groups -OCH3 is 1. The smallest absolute Gasteiger partial charge is 0.335 e. The SMILES string of the molecule is COCCn1cc(C)c2ccc(C(=O)O)cc21. The van der Waals surface area contributed by atoms with E-state index in [1.165, 1.54) is 0 Å². The Balaban J connectivity index is 2.52. The minimum atomic E-state index is -0.899. The number of hydrogen-bond acceptors (Lipinski definition) is 2. The first-order valence-corrected chi connectivity index (χ1v) is 5.45. The summed E-state index contributed by atoms with van der Waals surface area (Å²) in [5.74, 6) is -0.899. The highest BCUT2D eigenvalue weighted by Gasteiger charge is 2.09. The van der Waals surface area contributed by atoms with Crippen molar-refractivity contribution in [1.82, 2.24) is 4.57 Å². The van der Waals surface area contributed by atoms with E-state index in [4.69, 9.17) is 9.84 Å². The lowest BCUT2D eigenvalue weighted by Gasteiger charge is -2.04. The van der Waals surface area contributed by atoms with Crippen LogP contribution in [0.4, 0.5) is 0 Å². The molecule has 0 atom stereocenters. The molecule has 17 heavy (non-hydrogen) atoms. The highest BCUT2D eigenvalue weighted by atomic mass is 16.5. The monoisotopic (exact) mass is 233 g/mol. The molecule has 4 nitrogen and oxygen atoms in total. The number of ether oxygens (including phenoxy) is 1. The van der Waals surface area contributed by atoms with E-state index in [2.05, 4.69) is 0 Å². The summed E-state index contributed by atoms with van der Waals surface area (Å²) in [6.45, 7) is 3.36. The van der Waals surface area contributed by atoms with Crippen molar-refractivity contribution in [2.75, 3.05) is 13.7 Å². The largest absolute Gasteiger partial charge is 0.478 e. The third kappa shape index (κ3) is 2.17. The number of hydrogen-bond donors (Lipinski definition) is 1. The fraction of sp³-hybridized carbons (Fsp3) is 0.308. The summed E-state index contributed by atoms with van der Waals surface area (Å²) in [6, 6.07) is 5.20. The first kappa shape index (κ1) is 11.7. The standard InChI is InChI=1S/C13H15NO3/c1-9-8-14(5-6-17-2)12-7-10(13(15)16)3-4-11(9)12/h3-4,7-8H,5-6H2,1-2H3,(H,15,16). The van der Waals surface area contributed by atoms with Gasteiger partial charge in [-0.05, 0) is 24.6 Å².